The van der Waals surface area contributed by atoms with Gasteiger partial charge >= 0.3 is 0 Å². The van der Waals surface area contributed by atoms with Gasteiger partial charge in [-0.2, -0.15) is 0 Å². The van der Waals surface area contributed by atoms with Gasteiger partial charge in [-0.05, 0) is 48.0 Å². The Labute approximate surface area is 103 Å². The molecule has 1 aromatic rings. The quantitative estimate of drug-likeness (QED) is 0.836. The van der Waals surface area contributed by atoms with Crippen molar-refractivity contribution in [1.29, 1.82) is 0 Å². The molecule has 0 aliphatic heterocycles. The first kappa shape index (κ1) is 13.0. The lowest BCUT2D eigenvalue weighted by atomic mass is 10.3. The number of nitrogen functional groups attached to an aromatic ring is 1. The first-order chi connectivity index (χ1) is 7.49. The summed E-state index contributed by atoms with van der Waals surface area (Å²) in [4.78, 5) is 11.5. The Kier molecular flexibility index (Phi) is 4.76. The van der Waals surface area contributed by atoms with Crippen LogP contribution in [0.4, 0.5) is 11.4 Å². The summed E-state index contributed by atoms with van der Waals surface area (Å²) in [5.74, 6) is -0.194. The molecule has 0 bridgehead atoms. The molecule has 5 heteroatoms. The molecular formula is C11H15BrN2O2. The van der Waals surface area contributed by atoms with Crippen molar-refractivity contribution in [3.8, 4) is 0 Å². The van der Waals surface area contributed by atoms with Crippen molar-refractivity contribution >= 4 is 33.2 Å². The maximum atomic E-state index is 11.5. The number of carbonyl (C=O) groups is 1. The number of hydrogen-bond donors (Lipinski definition) is 2. The molecule has 0 unspecified atom stereocenters. The second-order valence-corrected chi connectivity index (χ2v) is 4.50. The average Bonchev–Trinajstić information content (AvgIpc) is 2.20. The van der Waals surface area contributed by atoms with Gasteiger partial charge in [0.15, 0.2) is 0 Å². The summed E-state index contributed by atoms with van der Waals surface area (Å²) in [5, 5.41) is 2.72. The van der Waals surface area contributed by atoms with E-state index in [1.54, 1.807) is 18.2 Å². The number of benzene rings is 1. The minimum Gasteiger partial charge on any atom is -0.399 e. The molecule has 0 fully saturated rings. The van der Waals surface area contributed by atoms with Gasteiger partial charge in [0.25, 0.3) is 0 Å². The van der Waals surface area contributed by atoms with E-state index in [4.69, 9.17) is 10.5 Å². The fraction of sp³-hybridized carbons (Fsp3) is 0.364. The van der Waals surface area contributed by atoms with E-state index in [1.807, 2.05) is 13.8 Å². The van der Waals surface area contributed by atoms with Crippen LogP contribution in [0.3, 0.4) is 0 Å². The fourth-order valence-corrected chi connectivity index (χ4v) is 1.41. The number of amides is 1. The van der Waals surface area contributed by atoms with Gasteiger partial charge < -0.3 is 15.8 Å². The van der Waals surface area contributed by atoms with Crippen LogP contribution in [-0.4, -0.2) is 18.6 Å². The number of nitrogens with one attached hydrogen (secondary N) is 1. The molecule has 88 valence electrons. The Morgan fingerprint density at radius 3 is 2.88 bits per heavy atom. The zero-order valence-corrected chi connectivity index (χ0v) is 10.9. The van der Waals surface area contributed by atoms with Crippen molar-refractivity contribution in [2.45, 2.75) is 20.0 Å². The SMILES string of the molecule is CC(C)OCC(=O)Nc1cc(N)ccc1Br. The summed E-state index contributed by atoms with van der Waals surface area (Å²) in [7, 11) is 0. The highest BCUT2D eigenvalue weighted by atomic mass is 79.9. The lowest BCUT2D eigenvalue weighted by molar-refractivity contribution is -0.121. The first-order valence-electron chi connectivity index (χ1n) is 4.95. The van der Waals surface area contributed by atoms with Gasteiger partial charge in [0.1, 0.15) is 6.61 Å². The third-order valence-corrected chi connectivity index (χ3v) is 2.50. The highest BCUT2D eigenvalue weighted by Gasteiger charge is 2.06. The zero-order chi connectivity index (χ0) is 12.1. The van der Waals surface area contributed by atoms with E-state index in [2.05, 4.69) is 21.2 Å². The van der Waals surface area contributed by atoms with E-state index < -0.39 is 0 Å². The number of ether oxygens (including phenoxy) is 1. The number of hydrogen-bond acceptors (Lipinski definition) is 3. The van der Waals surface area contributed by atoms with E-state index in [0.29, 0.717) is 11.4 Å². The Balaban J connectivity index is 2.59. The second-order valence-electron chi connectivity index (χ2n) is 3.65. The standard InChI is InChI=1S/C11H15BrN2O2/c1-7(2)16-6-11(15)14-10-5-8(13)3-4-9(10)12/h3-5,7H,6,13H2,1-2H3,(H,14,15). The van der Waals surface area contributed by atoms with Crippen molar-refractivity contribution in [2.75, 3.05) is 17.7 Å². The Morgan fingerprint density at radius 2 is 2.25 bits per heavy atom. The highest BCUT2D eigenvalue weighted by Crippen LogP contribution is 2.24. The van der Waals surface area contributed by atoms with Crippen LogP contribution in [0.2, 0.25) is 0 Å². The number of rotatable bonds is 4. The molecule has 1 rings (SSSR count). The van der Waals surface area contributed by atoms with Crippen LogP contribution in [-0.2, 0) is 9.53 Å². The van der Waals surface area contributed by atoms with Crippen LogP contribution < -0.4 is 11.1 Å². The van der Waals surface area contributed by atoms with Gasteiger partial charge in [-0.25, -0.2) is 0 Å². The van der Waals surface area contributed by atoms with Crippen LogP contribution in [0, 0.1) is 0 Å². The third-order valence-electron chi connectivity index (χ3n) is 1.81. The number of anilines is 2. The van der Waals surface area contributed by atoms with Crippen molar-refractivity contribution in [1.82, 2.24) is 0 Å². The van der Waals surface area contributed by atoms with Crippen LogP contribution in [0.25, 0.3) is 0 Å². The number of halogens is 1. The molecule has 1 amide bonds. The Hall–Kier alpha value is -1.07. The Morgan fingerprint density at radius 1 is 1.56 bits per heavy atom. The zero-order valence-electron chi connectivity index (χ0n) is 9.29. The molecule has 3 N–H and O–H groups in total. The topological polar surface area (TPSA) is 64.3 Å². The third kappa shape index (κ3) is 4.20. The summed E-state index contributed by atoms with van der Waals surface area (Å²) in [6.45, 7) is 3.80. The van der Waals surface area contributed by atoms with Crippen molar-refractivity contribution < 1.29 is 9.53 Å². The lowest BCUT2D eigenvalue weighted by Crippen LogP contribution is -2.20. The number of nitrogens with two attached hydrogens (primary N) is 1. The predicted molar refractivity (Wildman–Crippen MR) is 68.3 cm³/mol. The highest BCUT2D eigenvalue weighted by molar-refractivity contribution is 9.10. The molecule has 0 aliphatic carbocycles. The van der Waals surface area contributed by atoms with Gasteiger partial charge in [-0.15, -0.1) is 0 Å². The molecule has 4 nitrogen and oxygen atoms in total. The maximum absolute atomic E-state index is 11.5. The smallest absolute Gasteiger partial charge is 0.250 e. The minimum atomic E-state index is -0.194. The van der Waals surface area contributed by atoms with Crippen LogP contribution in [0.15, 0.2) is 22.7 Å². The van der Waals surface area contributed by atoms with E-state index in [1.165, 1.54) is 0 Å². The van der Waals surface area contributed by atoms with Gasteiger partial charge in [0.05, 0.1) is 11.8 Å². The van der Waals surface area contributed by atoms with Crippen molar-refractivity contribution in [2.24, 2.45) is 0 Å². The van der Waals surface area contributed by atoms with Crippen LogP contribution in [0.5, 0.6) is 0 Å². The van der Waals surface area contributed by atoms with Gasteiger partial charge in [-0.1, -0.05) is 0 Å². The fourth-order valence-electron chi connectivity index (χ4n) is 1.07. The molecule has 0 heterocycles. The monoisotopic (exact) mass is 286 g/mol. The predicted octanol–water partition coefficient (Wildman–Crippen LogP) is 2.39. The van der Waals surface area contributed by atoms with E-state index in [-0.39, 0.29) is 18.6 Å². The second kappa shape index (κ2) is 5.86. The molecule has 0 aromatic heterocycles. The summed E-state index contributed by atoms with van der Waals surface area (Å²) >= 11 is 3.33. The average molecular weight is 287 g/mol. The number of carbonyl (C=O) groups excluding carboxylic acids is 1. The molecular weight excluding hydrogens is 272 g/mol. The van der Waals surface area contributed by atoms with E-state index in [0.717, 1.165) is 4.47 Å². The first-order valence-corrected chi connectivity index (χ1v) is 5.75. The molecule has 0 aliphatic rings. The van der Waals surface area contributed by atoms with Gasteiger partial charge in [-0.3, -0.25) is 4.79 Å². The Bertz CT molecular complexity index is 380. The normalized spacial score (nSPS) is 10.5. The molecule has 16 heavy (non-hydrogen) atoms. The molecule has 0 saturated heterocycles. The maximum Gasteiger partial charge on any atom is 0.250 e. The summed E-state index contributed by atoms with van der Waals surface area (Å²) < 4.78 is 5.98. The summed E-state index contributed by atoms with van der Waals surface area (Å²) in [6, 6.07) is 5.23. The minimum absolute atomic E-state index is 0.0371. The molecule has 0 spiro atoms. The van der Waals surface area contributed by atoms with E-state index >= 15 is 0 Å². The molecule has 1 aromatic carbocycles. The van der Waals surface area contributed by atoms with Crippen LogP contribution >= 0.6 is 15.9 Å². The van der Waals surface area contributed by atoms with Gasteiger partial charge in [0.2, 0.25) is 5.91 Å². The summed E-state index contributed by atoms with van der Waals surface area (Å²) in [6.07, 6.45) is 0.0371. The van der Waals surface area contributed by atoms with Gasteiger partial charge in [0, 0.05) is 10.2 Å². The summed E-state index contributed by atoms with van der Waals surface area (Å²) in [5.41, 5.74) is 6.87. The van der Waals surface area contributed by atoms with Crippen LogP contribution in [0.1, 0.15) is 13.8 Å². The van der Waals surface area contributed by atoms with Crippen molar-refractivity contribution in [3.63, 3.8) is 0 Å². The molecule has 0 saturated carbocycles. The largest absolute Gasteiger partial charge is 0.399 e. The van der Waals surface area contributed by atoms with E-state index in [9.17, 15) is 4.79 Å². The molecule has 0 atom stereocenters. The lowest BCUT2D eigenvalue weighted by Gasteiger charge is -2.10. The van der Waals surface area contributed by atoms with Crippen molar-refractivity contribution in [3.05, 3.63) is 22.7 Å². The molecule has 0 radical (unpaired) electrons.